The van der Waals surface area contributed by atoms with E-state index in [1.807, 2.05) is 13.8 Å². The number of amides is 1. The first-order valence-corrected chi connectivity index (χ1v) is 7.04. The molecule has 1 amide bonds. The smallest absolute Gasteiger partial charge is 0.273 e. The highest BCUT2D eigenvalue weighted by Gasteiger charge is 2.18. The highest BCUT2D eigenvalue weighted by Crippen LogP contribution is 2.18. The highest BCUT2D eigenvalue weighted by molar-refractivity contribution is 5.79. The van der Waals surface area contributed by atoms with Gasteiger partial charge in [-0.05, 0) is 12.3 Å². The van der Waals surface area contributed by atoms with Gasteiger partial charge in [0.2, 0.25) is 5.91 Å². The van der Waals surface area contributed by atoms with E-state index < -0.39 is 4.92 Å². The van der Waals surface area contributed by atoms with E-state index in [9.17, 15) is 14.9 Å². The Balaban J connectivity index is 2.63. The average molecular weight is 293 g/mol. The third kappa shape index (κ3) is 5.15. The van der Waals surface area contributed by atoms with Crippen molar-refractivity contribution >= 4 is 11.6 Å². The molecular formula is C15H23N3O3. The first-order valence-electron chi connectivity index (χ1n) is 7.04. The summed E-state index contributed by atoms with van der Waals surface area (Å²) in [5, 5.41) is 10.9. The Bertz CT molecular complexity index is 503. The maximum atomic E-state index is 12.1. The van der Waals surface area contributed by atoms with Crippen molar-refractivity contribution in [2.45, 2.75) is 32.7 Å². The number of hydrogen-bond donors (Lipinski definition) is 1. The number of benzene rings is 1. The Morgan fingerprint density at radius 2 is 2.00 bits per heavy atom. The number of para-hydroxylation sites is 1. The van der Waals surface area contributed by atoms with Crippen molar-refractivity contribution in [3.8, 4) is 0 Å². The molecule has 0 spiro atoms. The van der Waals surface area contributed by atoms with Gasteiger partial charge in [-0.25, -0.2) is 0 Å². The molecule has 0 fully saturated rings. The second-order valence-electron chi connectivity index (χ2n) is 5.57. The minimum absolute atomic E-state index is 0.0156. The lowest BCUT2D eigenvalue weighted by Gasteiger charge is -2.21. The fraction of sp³-hybridized carbons (Fsp3) is 0.533. The second kappa shape index (κ2) is 7.73. The zero-order chi connectivity index (χ0) is 16.0. The summed E-state index contributed by atoms with van der Waals surface area (Å²) in [4.78, 5) is 24.2. The molecule has 0 saturated heterocycles. The summed E-state index contributed by atoms with van der Waals surface area (Å²) in [5.41, 5.74) is 6.38. The van der Waals surface area contributed by atoms with Crippen molar-refractivity contribution in [3.05, 3.63) is 39.9 Å². The van der Waals surface area contributed by atoms with Crippen LogP contribution in [0.15, 0.2) is 24.3 Å². The molecule has 2 N–H and O–H groups in total. The Hall–Kier alpha value is -1.95. The molecule has 21 heavy (non-hydrogen) atoms. The molecular weight excluding hydrogens is 270 g/mol. The van der Waals surface area contributed by atoms with E-state index in [4.69, 9.17) is 5.73 Å². The van der Waals surface area contributed by atoms with E-state index in [0.717, 1.165) is 6.42 Å². The SMILES string of the molecule is CC(C)C(N)CCN(C)C(=O)Cc1ccccc1[N+](=O)[O-]. The van der Waals surface area contributed by atoms with Crippen molar-refractivity contribution in [2.24, 2.45) is 11.7 Å². The maximum Gasteiger partial charge on any atom is 0.273 e. The van der Waals surface area contributed by atoms with Gasteiger partial charge in [-0.3, -0.25) is 14.9 Å². The molecule has 1 unspecified atom stereocenters. The number of nitro groups is 1. The van der Waals surface area contributed by atoms with Crippen molar-refractivity contribution in [1.82, 2.24) is 4.90 Å². The molecule has 0 saturated carbocycles. The molecule has 1 aromatic rings. The van der Waals surface area contributed by atoms with E-state index in [2.05, 4.69) is 0 Å². The minimum atomic E-state index is -0.461. The number of hydrogen-bond acceptors (Lipinski definition) is 4. The van der Waals surface area contributed by atoms with Crippen LogP contribution in [0.1, 0.15) is 25.8 Å². The van der Waals surface area contributed by atoms with E-state index in [0.29, 0.717) is 18.0 Å². The van der Waals surface area contributed by atoms with Gasteiger partial charge >= 0.3 is 0 Å². The molecule has 0 aliphatic rings. The molecule has 6 nitrogen and oxygen atoms in total. The summed E-state index contributed by atoms with van der Waals surface area (Å²) < 4.78 is 0. The molecule has 1 rings (SSSR count). The Kier molecular flexibility index (Phi) is 6.30. The number of rotatable bonds is 7. The lowest BCUT2D eigenvalue weighted by Crippen LogP contribution is -2.35. The molecule has 0 heterocycles. The summed E-state index contributed by atoms with van der Waals surface area (Å²) in [6.07, 6.45) is 0.751. The first kappa shape index (κ1) is 17.1. The molecule has 1 aromatic carbocycles. The van der Waals surface area contributed by atoms with E-state index in [1.54, 1.807) is 30.1 Å². The zero-order valence-corrected chi connectivity index (χ0v) is 12.8. The summed E-state index contributed by atoms with van der Waals surface area (Å²) in [5.74, 6) is 0.226. The summed E-state index contributed by atoms with van der Waals surface area (Å²) in [6.45, 7) is 4.64. The summed E-state index contributed by atoms with van der Waals surface area (Å²) in [6, 6.07) is 6.37. The lowest BCUT2D eigenvalue weighted by molar-refractivity contribution is -0.385. The average Bonchev–Trinajstić information content (AvgIpc) is 2.44. The zero-order valence-electron chi connectivity index (χ0n) is 12.8. The van der Waals surface area contributed by atoms with Crippen LogP contribution in [-0.4, -0.2) is 35.4 Å². The van der Waals surface area contributed by atoms with Crippen LogP contribution in [0.25, 0.3) is 0 Å². The Morgan fingerprint density at radius 3 is 2.57 bits per heavy atom. The van der Waals surface area contributed by atoms with E-state index in [-0.39, 0.29) is 24.1 Å². The molecule has 0 bridgehead atoms. The molecule has 0 radical (unpaired) electrons. The topological polar surface area (TPSA) is 89.5 Å². The van der Waals surface area contributed by atoms with E-state index >= 15 is 0 Å². The Labute approximate surface area is 125 Å². The number of carbonyl (C=O) groups excluding carboxylic acids is 1. The Morgan fingerprint density at radius 1 is 1.38 bits per heavy atom. The standard InChI is InChI=1S/C15H23N3O3/c1-11(2)13(16)8-9-17(3)15(19)10-12-6-4-5-7-14(12)18(20)21/h4-7,11,13H,8-10,16H2,1-3H3. The quantitative estimate of drug-likeness (QED) is 0.614. The van der Waals surface area contributed by atoms with Crippen LogP contribution in [0.3, 0.4) is 0 Å². The van der Waals surface area contributed by atoms with Gasteiger partial charge < -0.3 is 10.6 Å². The van der Waals surface area contributed by atoms with Crippen molar-refractivity contribution in [3.63, 3.8) is 0 Å². The first-order chi connectivity index (χ1) is 9.82. The van der Waals surface area contributed by atoms with Crippen LogP contribution < -0.4 is 5.73 Å². The summed E-state index contributed by atoms with van der Waals surface area (Å²) in [7, 11) is 1.70. The van der Waals surface area contributed by atoms with Gasteiger partial charge in [0.25, 0.3) is 5.69 Å². The monoisotopic (exact) mass is 293 g/mol. The number of nitro benzene ring substituents is 1. The van der Waals surface area contributed by atoms with Crippen LogP contribution in [0.4, 0.5) is 5.69 Å². The van der Waals surface area contributed by atoms with Crippen LogP contribution >= 0.6 is 0 Å². The van der Waals surface area contributed by atoms with Crippen molar-refractivity contribution < 1.29 is 9.72 Å². The third-order valence-corrected chi connectivity index (χ3v) is 3.61. The van der Waals surface area contributed by atoms with Crippen molar-refractivity contribution in [2.75, 3.05) is 13.6 Å². The predicted octanol–water partition coefficient (Wildman–Crippen LogP) is 1.97. The van der Waals surface area contributed by atoms with Crippen LogP contribution in [0.5, 0.6) is 0 Å². The maximum absolute atomic E-state index is 12.1. The molecule has 0 aromatic heterocycles. The number of nitrogens with two attached hydrogens (primary N) is 1. The van der Waals surface area contributed by atoms with Gasteiger partial charge in [0.05, 0.1) is 11.3 Å². The van der Waals surface area contributed by atoms with Gasteiger partial charge in [0, 0.05) is 31.3 Å². The minimum Gasteiger partial charge on any atom is -0.345 e. The van der Waals surface area contributed by atoms with Gasteiger partial charge in [-0.1, -0.05) is 32.0 Å². The highest BCUT2D eigenvalue weighted by atomic mass is 16.6. The van der Waals surface area contributed by atoms with Crippen LogP contribution in [-0.2, 0) is 11.2 Å². The molecule has 0 aliphatic carbocycles. The number of nitrogens with zero attached hydrogens (tertiary/aromatic N) is 2. The third-order valence-electron chi connectivity index (χ3n) is 3.61. The van der Waals surface area contributed by atoms with E-state index in [1.165, 1.54) is 6.07 Å². The molecule has 116 valence electrons. The second-order valence-corrected chi connectivity index (χ2v) is 5.57. The van der Waals surface area contributed by atoms with Crippen LogP contribution in [0.2, 0.25) is 0 Å². The van der Waals surface area contributed by atoms with Crippen molar-refractivity contribution in [1.29, 1.82) is 0 Å². The number of likely N-dealkylation sites (N-methyl/N-ethyl adjacent to an activating group) is 1. The molecule has 1 atom stereocenters. The van der Waals surface area contributed by atoms with Gasteiger partial charge in [-0.2, -0.15) is 0 Å². The van der Waals surface area contributed by atoms with Gasteiger partial charge in [0.1, 0.15) is 0 Å². The van der Waals surface area contributed by atoms with Gasteiger partial charge in [0.15, 0.2) is 0 Å². The largest absolute Gasteiger partial charge is 0.345 e. The van der Waals surface area contributed by atoms with Crippen LogP contribution in [0, 0.1) is 16.0 Å². The van der Waals surface area contributed by atoms with Gasteiger partial charge in [-0.15, -0.1) is 0 Å². The summed E-state index contributed by atoms with van der Waals surface area (Å²) >= 11 is 0. The molecule has 0 aliphatic heterocycles. The predicted molar refractivity (Wildman–Crippen MR) is 81.9 cm³/mol. The lowest BCUT2D eigenvalue weighted by atomic mass is 10.0. The fourth-order valence-corrected chi connectivity index (χ4v) is 1.94. The fourth-order valence-electron chi connectivity index (χ4n) is 1.94. The normalized spacial score (nSPS) is 12.2. The molecule has 6 heteroatoms. The number of carbonyl (C=O) groups is 1.